The largest absolute Gasteiger partial charge is 0.467 e. The smallest absolute Gasteiger partial charge is 0.328 e. The topological polar surface area (TPSA) is 101 Å². The van der Waals surface area contributed by atoms with Crippen molar-refractivity contribution in [2.75, 3.05) is 12.9 Å². The summed E-state index contributed by atoms with van der Waals surface area (Å²) in [5, 5.41) is 10.5. The van der Waals surface area contributed by atoms with Crippen molar-refractivity contribution in [1.29, 1.82) is 0 Å². The Morgan fingerprint density at radius 3 is 2.88 bits per heavy atom. The summed E-state index contributed by atoms with van der Waals surface area (Å²) in [5.41, 5.74) is 1.78. The van der Waals surface area contributed by atoms with Crippen LogP contribution in [0.15, 0.2) is 29.4 Å². The summed E-state index contributed by atoms with van der Waals surface area (Å²) < 4.78 is 6.67. The van der Waals surface area contributed by atoms with Crippen LogP contribution in [-0.2, 0) is 14.3 Å². The standard InChI is InChI=1S/C17H21N5O3S/c1-4-10(2)14(15(24)25-3)19-13(23)9-26-17-21-20-16-18-11-7-5-6-8-12(11)22(16)17/h5-8,10,14H,4,9H2,1-3H3,(H,18,20)(H,19,23). The molecular weight excluding hydrogens is 354 g/mol. The van der Waals surface area contributed by atoms with Crippen molar-refractivity contribution in [3.8, 4) is 0 Å². The van der Waals surface area contributed by atoms with E-state index in [4.69, 9.17) is 4.74 Å². The van der Waals surface area contributed by atoms with Gasteiger partial charge in [0.05, 0.1) is 23.9 Å². The summed E-state index contributed by atoms with van der Waals surface area (Å²) in [6, 6.07) is 7.07. The maximum atomic E-state index is 12.3. The molecule has 9 heteroatoms. The molecule has 2 unspecified atom stereocenters. The molecular formula is C17H21N5O3S. The van der Waals surface area contributed by atoms with Crippen molar-refractivity contribution in [2.45, 2.75) is 31.5 Å². The fourth-order valence-corrected chi connectivity index (χ4v) is 3.45. The molecule has 0 aliphatic heterocycles. The zero-order valence-corrected chi connectivity index (χ0v) is 15.7. The first-order valence-electron chi connectivity index (χ1n) is 8.36. The number of thioether (sulfide) groups is 1. The maximum Gasteiger partial charge on any atom is 0.328 e. The number of aromatic nitrogens is 4. The van der Waals surface area contributed by atoms with Gasteiger partial charge in [-0.05, 0) is 18.1 Å². The molecule has 0 bridgehead atoms. The zero-order valence-electron chi connectivity index (χ0n) is 14.9. The van der Waals surface area contributed by atoms with Crippen molar-refractivity contribution in [3.05, 3.63) is 24.3 Å². The lowest BCUT2D eigenvalue weighted by molar-refractivity contribution is -0.146. The van der Waals surface area contributed by atoms with Gasteiger partial charge in [0, 0.05) is 0 Å². The number of H-pyrrole nitrogens is 1. The minimum Gasteiger partial charge on any atom is -0.467 e. The summed E-state index contributed by atoms with van der Waals surface area (Å²) in [7, 11) is 1.32. The number of imidazole rings is 1. The Labute approximate surface area is 154 Å². The average molecular weight is 375 g/mol. The highest BCUT2D eigenvalue weighted by Crippen LogP contribution is 2.22. The number of esters is 1. The first kappa shape index (κ1) is 18.2. The van der Waals surface area contributed by atoms with E-state index in [-0.39, 0.29) is 17.6 Å². The first-order valence-corrected chi connectivity index (χ1v) is 9.35. The van der Waals surface area contributed by atoms with Crippen LogP contribution in [0.1, 0.15) is 20.3 Å². The van der Waals surface area contributed by atoms with Crippen molar-refractivity contribution >= 4 is 40.4 Å². The minimum absolute atomic E-state index is 0.00826. The second kappa shape index (κ2) is 7.77. The van der Waals surface area contributed by atoms with Crippen LogP contribution in [0.5, 0.6) is 0 Å². The molecule has 1 amide bonds. The molecule has 2 aromatic heterocycles. The summed E-state index contributed by atoms with van der Waals surface area (Å²) in [6.07, 6.45) is 0.758. The Kier molecular flexibility index (Phi) is 5.46. The summed E-state index contributed by atoms with van der Waals surface area (Å²) in [4.78, 5) is 28.7. The van der Waals surface area contributed by atoms with E-state index in [1.165, 1.54) is 18.9 Å². The van der Waals surface area contributed by atoms with E-state index in [0.29, 0.717) is 10.9 Å². The lowest BCUT2D eigenvalue weighted by atomic mass is 9.99. The van der Waals surface area contributed by atoms with Crippen molar-refractivity contribution in [3.63, 3.8) is 0 Å². The second-order valence-electron chi connectivity index (χ2n) is 6.01. The van der Waals surface area contributed by atoms with Gasteiger partial charge in [0.1, 0.15) is 6.04 Å². The van der Waals surface area contributed by atoms with Crippen LogP contribution >= 0.6 is 11.8 Å². The predicted molar refractivity (Wildman–Crippen MR) is 99.0 cm³/mol. The second-order valence-corrected chi connectivity index (χ2v) is 6.95. The third-order valence-corrected chi connectivity index (χ3v) is 5.26. The third-order valence-electron chi connectivity index (χ3n) is 4.32. The highest BCUT2D eigenvalue weighted by molar-refractivity contribution is 7.99. The highest BCUT2D eigenvalue weighted by Gasteiger charge is 2.26. The number of carbonyl (C=O) groups is 2. The van der Waals surface area contributed by atoms with Crippen molar-refractivity contribution < 1.29 is 14.3 Å². The number of fused-ring (bicyclic) bond motifs is 3. The molecule has 3 rings (SSSR count). The number of rotatable bonds is 7. The van der Waals surface area contributed by atoms with E-state index >= 15 is 0 Å². The summed E-state index contributed by atoms with van der Waals surface area (Å²) in [6.45, 7) is 3.87. The van der Waals surface area contributed by atoms with E-state index in [2.05, 4.69) is 20.5 Å². The Morgan fingerprint density at radius 2 is 2.15 bits per heavy atom. The van der Waals surface area contributed by atoms with Crippen LogP contribution in [0.3, 0.4) is 0 Å². The van der Waals surface area contributed by atoms with Gasteiger partial charge in [0.25, 0.3) is 0 Å². The molecule has 138 valence electrons. The SMILES string of the molecule is CCC(C)C(NC(=O)CSc1n[nH]c2nc3ccccc3n12)C(=O)OC. The number of hydrogen-bond donors (Lipinski definition) is 2. The normalized spacial score (nSPS) is 13.7. The molecule has 2 atom stereocenters. The van der Waals surface area contributed by atoms with E-state index in [1.54, 1.807) is 0 Å². The van der Waals surface area contributed by atoms with Gasteiger partial charge in [-0.1, -0.05) is 44.2 Å². The van der Waals surface area contributed by atoms with Gasteiger partial charge < -0.3 is 10.1 Å². The van der Waals surface area contributed by atoms with Gasteiger partial charge in [-0.2, -0.15) is 0 Å². The number of aromatic amines is 1. The molecule has 0 fully saturated rings. The molecule has 0 radical (unpaired) electrons. The first-order chi connectivity index (χ1) is 12.5. The fraction of sp³-hybridized carbons (Fsp3) is 0.412. The number of amides is 1. The van der Waals surface area contributed by atoms with Crippen molar-refractivity contribution in [1.82, 2.24) is 24.9 Å². The van der Waals surface area contributed by atoms with Crippen LogP contribution in [0.25, 0.3) is 16.8 Å². The number of hydrogen-bond acceptors (Lipinski definition) is 6. The van der Waals surface area contributed by atoms with Crippen molar-refractivity contribution in [2.24, 2.45) is 5.92 Å². The molecule has 0 aliphatic rings. The molecule has 0 spiro atoms. The summed E-state index contributed by atoms with van der Waals surface area (Å²) >= 11 is 1.28. The molecule has 0 saturated heterocycles. The third kappa shape index (κ3) is 3.52. The summed E-state index contributed by atoms with van der Waals surface area (Å²) in [5.74, 6) is 0.0788. The molecule has 3 aromatic rings. The zero-order chi connectivity index (χ0) is 18.7. The van der Waals surface area contributed by atoms with Gasteiger partial charge in [0.2, 0.25) is 11.7 Å². The lowest BCUT2D eigenvalue weighted by Gasteiger charge is -2.21. The van der Waals surface area contributed by atoms with Crippen LogP contribution < -0.4 is 5.32 Å². The maximum absolute atomic E-state index is 12.3. The molecule has 1 aromatic carbocycles. The number of nitrogens with zero attached hydrogens (tertiary/aromatic N) is 3. The number of benzene rings is 1. The Hall–Kier alpha value is -2.55. The Bertz CT molecular complexity index is 935. The van der Waals surface area contributed by atoms with Gasteiger partial charge in [-0.25, -0.2) is 14.9 Å². The quantitative estimate of drug-likeness (QED) is 0.484. The number of methoxy groups -OCH3 is 1. The van der Waals surface area contributed by atoms with E-state index in [9.17, 15) is 9.59 Å². The molecule has 26 heavy (non-hydrogen) atoms. The number of nitrogens with one attached hydrogen (secondary N) is 2. The average Bonchev–Trinajstić information content (AvgIpc) is 3.22. The molecule has 2 heterocycles. The van der Waals surface area contributed by atoms with Gasteiger partial charge >= 0.3 is 5.97 Å². The highest BCUT2D eigenvalue weighted by atomic mass is 32.2. The Morgan fingerprint density at radius 1 is 1.38 bits per heavy atom. The van der Waals surface area contributed by atoms with Crippen LogP contribution in [0.4, 0.5) is 0 Å². The predicted octanol–water partition coefficient (Wildman–Crippen LogP) is 2.01. The minimum atomic E-state index is -0.647. The van der Waals surface area contributed by atoms with Gasteiger partial charge in [0.15, 0.2) is 5.16 Å². The van der Waals surface area contributed by atoms with E-state index in [1.807, 2.05) is 42.5 Å². The molecule has 0 aliphatic carbocycles. The van der Waals surface area contributed by atoms with Gasteiger partial charge in [-0.15, -0.1) is 5.10 Å². The van der Waals surface area contributed by atoms with Crippen LogP contribution in [-0.4, -0.2) is 50.4 Å². The molecule has 8 nitrogen and oxygen atoms in total. The monoisotopic (exact) mass is 375 g/mol. The van der Waals surface area contributed by atoms with E-state index < -0.39 is 12.0 Å². The lowest BCUT2D eigenvalue weighted by Crippen LogP contribution is -2.46. The number of ether oxygens (including phenoxy) is 1. The fourth-order valence-electron chi connectivity index (χ4n) is 2.68. The van der Waals surface area contributed by atoms with Gasteiger partial charge in [-0.3, -0.25) is 9.20 Å². The molecule has 2 N–H and O–H groups in total. The van der Waals surface area contributed by atoms with Crippen LogP contribution in [0, 0.1) is 5.92 Å². The van der Waals surface area contributed by atoms with E-state index in [0.717, 1.165) is 17.5 Å². The Balaban J connectivity index is 1.71. The number of carbonyl (C=O) groups excluding carboxylic acids is 2. The molecule has 0 saturated carbocycles. The number of para-hydroxylation sites is 2. The van der Waals surface area contributed by atoms with Crippen LogP contribution in [0.2, 0.25) is 0 Å².